The van der Waals surface area contributed by atoms with Crippen LogP contribution in [0, 0.1) is 6.92 Å². The molecule has 1 amide bonds. The number of hydrogen-bond donors (Lipinski definition) is 1. The van der Waals surface area contributed by atoms with Crippen molar-refractivity contribution in [3.63, 3.8) is 0 Å². The molecule has 6 heteroatoms. The van der Waals surface area contributed by atoms with Crippen LogP contribution in [0.1, 0.15) is 34.8 Å². The summed E-state index contributed by atoms with van der Waals surface area (Å²) < 4.78 is 13.2. The highest BCUT2D eigenvalue weighted by Crippen LogP contribution is 2.18. The number of carbonyl (C=O) groups is 1. The molecule has 0 atom stereocenters. The lowest BCUT2D eigenvalue weighted by Gasteiger charge is -2.11. The maximum absolute atomic E-state index is 12.2. The number of para-hydroxylation sites is 2. The van der Waals surface area contributed by atoms with Crippen LogP contribution in [0.3, 0.4) is 0 Å². The van der Waals surface area contributed by atoms with Crippen LogP contribution in [0.15, 0.2) is 71.3 Å². The van der Waals surface area contributed by atoms with Crippen molar-refractivity contribution in [1.29, 1.82) is 0 Å². The SMILES string of the molecule is Cc1ccc(OCCCCn2c(CNC(=O)c3ccco3)nc3ccccc32)cc1. The summed E-state index contributed by atoms with van der Waals surface area (Å²) in [6.07, 6.45) is 3.37. The number of amides is 1. The van der Waals surface area contributed by atoms with Gasteiger partial charge in [0, 0.05) is 6.54 Å². The lowest BCUT2D eigenvalue weighted by atomic mass is 10.2. The minimum absolute atomic E-state index is 0.245. The Kier molecular flexibility index (Phi) is 6.13. The number of nitrogens with zero attached hydrogens (tertiary/aromatic N) is 2. The first-order valence-corrected chi connectivity index (χ1v) is 10.2. The number of furan rings is 1. The summed E-state index contributed by atoms with van der Waals surface area (Å²) in [6, 6.07) is 19.5. The first-order chi connectivity index (χ1) is 14.7. The van der Waals surface area contributed by atoms with Crippen molar-refractivity contribution < 1.29 is 13.9 Å². The largest absolute Gasteiger partial charge is 0.494 e. The molecule has 0 saturated carbocycles. The fraction of sp³-hybridized carbons (Fsp3) is 0.250. The molecular formula is C24H25N3O3. The van der Waals surface area contributed by atoms with Gasteiger partial charge in [-0.2, -0.15) is 0 Å². The summed E-state index contributed by atoms with van der Waals surface area (Å²) in [7, 11) is 0. The molecule has 2 aromatic carbocycles. The number of hydrogen-bond acceptors (Lipinski definition) is 4. The second kappa shape index (κ2) is 9.31. The average molecular weight is 403 g/mol. The molecule has 0 saturated heterocycles. The third-order valence-corrected chi connectivity index (χ3v) is 4.95. The molecule has 0 aliphatic rings. The van der Waals surface area contributed by atoms with Gasteiger partial charge in [0.25, 0.3) is 5.91 Å². The first-order valence-electron chi connectivity index (χ1n) is 10.2. The van der Waals surface area contributed by atoms with Crippen LogP contribution in [0.4, 0.5) is 0 Å². The molecule has 2 heterocycles. The molecule has 0 spiro atoms. The molecule has 30 heavy (non-hydrogen) atoms. The van der Waals surface area contributed by atoms with Gasteiger partial charge < -0.3 is 19.0 Å². The van der Waals surface area contributed by atoms with Crippen LogP contribution < -0.4 is 10.1 Å². The Bertz CT molecular complexity index is 1100. The monoisotopic (exact) mass is 403 g/mol. The summed E-state index contributed by atoms with van der Waals surface area (Å²) in [5.74, 6) is 1.78. The number of imidazole rings is 1. The van der Waals surface area contributed by atoms with Gasteiger partial charge in [0.15, 0.2) is 5.76 Å². The first kappa shape index (κ1) is 19.8. The highest BCUT2D eigenvalue weighted by atomic mass is 16.5. The maximum atomic E-state index is 12.2. The smallest absolute Gasteiger partial charge is 0.287 e. The zero-order valence-corrected chi connectivity index (χ0v) is 17.0. The molecule has 0 aliphatic heterocycles. The second-order valence-electron chi connectivity index (χ2n) is 7.20. The minimum Gasteiger partial charge on any atom is -0.494 e. The van der Waals surface area contributed by atoms with E-state index >= 15 is 0 Å². The number of aryl methyl sites for hydroxylation is 2. The van der Waals surface area contributed by atoms with Crippen molar-refractivity contribution in [3.05, 3.63) is 84.1 Å². The summed E-state index contributed by atoms with van der Waals surface area (Å²) >= 11 is 0. The van der Waals surface area contributed by atoms with Crippen LogP contribution in [0.25, 0.3) is 11.0 Å². The zero-order valence-electron chi connectivity index (χ0n) is 17.0. The predicted octanol–water partition coefficient (Wildman–Crippen LogP) is 4.73. The molecule has 154 valence electrons. The summed E-state index contributed by atoms with van der Waals surface area (Å²) in [5, 5.41) is 2.89. The van der Waals surface area contributed by atoms with Gasteiger partial charge in [-0.25, -0.2) is 4.98 Å². The Morgan fingerprint density at radius 2 is 1.90 bits per heavy atom. The number of carbonyl (C=O) groups excluding carboxylic acids is 1. The van der Waals surface area contributed by atoms with Crippen molar-refractivity contribution in [2.45, 2.75) is 32.9 Å². The molecule has 1 N–H and O–H groups in total. The van der Waals surface area contributed by atoms with Gasteiger partial charge in [0.2, 0.25) is 0 Å². The Balaban J connectivity index is 1.36. The number of unbranched alkanes of at least 4 members (excludes halogenated alkanes) is 1. The number of aromatic nitrogens is 2. The number of rotatable bonds is 9. The van der Waals surface area contributed by atoms with E-state index in [9.17, 15) is 4.79 Å². The van der Waals surface area contributed by atoms with E-state index in [0.717, 1.165) is 42.0 Å². The average Bonchev–Trinajstić information content (AvgIpc) is 3.42. The Labute approximate surface area is 175 Å². The van der Waals surface area contributed by atoms with E-state index < -0.39 is 0 Å². The lowest BCUT2D eigenvalue weighted by Crippen LogP contribution is -2.24. The van der Waals surface area contributed by atoms with Gasteiger partial charge in [-0.15, -0.1) is 0 Å². The maximum Gasteiger partial charge on any atom is 0.287 e. The van der Waals surface area contributed by atoms with Gasteiger partial charge >= 0.3 is 0 Å². The Morgan fingerprint density at radius 1 is 1.07 bits per heavy atom. The topological polar surface area (TPSA) is 69.3 Å². The fourth-order valence-corrected chi connectivity index (χ4v) is 3.36. The third kappa shape index (κ3) is 4.71. The summed E-state index contributed by atoms with van der Waals surface area (Å²) in [4.78, 5) is 16.9. The lowest BCUT2D eigenvalue weighted by molar-refractivity contribution is 0.0921. The third-order valence-electron chi connectivity index (χ3n) is 4.95. The Hall–Kier alpha value is -3.54. The highest BCUT2D eigenvalue weighted by molar-refractivity contribution is 5.91. The van der Waals surface area contributed by atoms with Crippen molar-refractivity contribution in [2.75, 3.05) is 6.61 Å². The minimum atomic E-state index is -0.245. The molecule has 0 unspecified atom stereocenters. The van der Waals surface area contributed by atoms with Gasteiger partial charge in [0.1, 0.15) is 11.6 Å². The van der Waals surface area contributed by atoms with Crippen LogP contribution >= 0.6 is 0 Å². The van der Waals surface area contributed by atoms with Gasteiger partial charge in [-0.1, -0.05) is 29.8 Å². The number of benzene rings is 2. The molecule has 4 aromatic rings. The second-order valence-corrected chi connectivity index (χ2v) is 7.20. The molecule has 0 bridgehead atoms. The van der Waals surface area contributed by atoms with Crippen LogP contribution in [-0.4, -0.2) is 22.1 Å². The van der Waals surface area contributed by atoms with E-state index in [2.05, 4.69) is 35.0 Å². The van der Waals surface area contributed by atoms with Crippen LogP contribution in [0.5, 0.6) is 5.75 Å². The van der Waals surface area contributed by atoms with E-state index in [1.54, 1.807) is 12.1 Å². The molecule has 0 fully saturated rings. The van der Waals surface area contributed by atoms with E-state index in [-0.39, 0.29) is 5.91 Å². The standard InChI is InChI=1S/C24H25N3O3/c1-18-10-12-19(13-11-18)29-15-5-4-14-27-21-8-3-2-7-20(21)26-23(27)17-25-24(28)22-9-6-16-30-22/h2-3,6-13,16H,4-5,14-15,17H2,1H3,(H,25,28). The van der Waals surface area contributed by atoms with E-state index in [1.165, 1.54) is 11.8 Å². The van der Waals surface area contributed by atoms with Crippen molar-refractivity contribution in [2.24, 2.45) is 0 Å². The van der Waals surface area contributed by atoms with E-state index in [4.69, 9.17) is 14.1 Å². The number of nitrogens with one attached hydrogen (secondary N) is 1. The van der Waals surface area contributed by atoms with Gasteiger partial charge in [0.05, 0.1) is 30.4 Å². The fourth-order valence-electron chi connectivity index (χ4n) is 3.36. The number of fused-ring (bicyclic) bond motifs is 1. The molecule has 6 nitrogen and oxygen atoms in total. The summed E-state index contributed by atoms with van der Waals surface area (Å²) in [5.41, 5.74) is 3.22. The Morgan fingerprint density at radius 3 is 2.70 bits per heavy atom. The van der Waals surface area contributed by atoms with E-state index in [1.807, 2.05) is 30.3 Å². The van der Waals surface area contributed by atoms with Gasteiger partial charge in [-0.3, -0.25) is 4.79 Å². The normalized spacial score (nSPS) is 11.0. The zero-order chi connectivity index (χ0) is 20.8. The van der Waals surface area contributed by atoms with Crippen molar-refractivity contribution in [1.82, 2.24) is 14.9 Å². The molecule has 4 rings (SSSR count). The van der Waals surface area contributed by atoms with Crippen molar-refractivity contribution in [3.8, 4) is 5.75 Å². The summed E-state index contributed by atoms with van der Waals surface area (Å²) in [6.45, 7) is 3.88. The highest BCUT2D eigenvalue weighted by Gasteiger charge is 2.13. The van der Waals surface area contributed by atoms with Gasteiger partial charge in [-0.05, 0) is 56.2 Å². The van der Waals surface area contributed by atoms with Crippen LogP contribution in [-0.2, 0) is 13.1 Å². The molecule has 0 radical (unpaired) electrons. The molecule has 2 aromatic heterocycles. The quantitative estimate of drug-likeness (QED) is 0.410. The van der Waals surface area contributed by atoms with E-state index in [0.29, 0.717) is 18.9 Å². The van der Waals surface area contributed by atoms with Crippen LogP contribution in [0.2, 0.25) is 0 Å². The number of ether oxygens (including phenoxy) is 1. The molecule has 0 aliphatic carbocycles. The predicted molar refractivity (Wildman–Crippen MR) is 116 cm³/mol. The van der Waals surface area contributed by atoms with Crippen molar-refractivity contribution >= 4 is 16.9 Å². The molecular weight excluding hydrogens is 378 g/mol.